The largest absolute Gasteiger partial charge is 0.494 e. The molecule has 0 bridgehead atoms. The molecule has 3 aliphatic rings. The molecule has 0 radical (unpaired) electrons. The molecular formula is C27H37N3O3. The highest BCUT2D eigenvalue weighted by Crippen LogP contribution is 2.38. The SMILES string of the molecule is CN1CCC[C@@H]1Cc1c[nH]c2ccc(OCCCCCN3C(=O)[C@H]4CCCC[C@H]4C3=O)cc12. The van der Waals surface area contributed by atoms with Gasteiger partial charge in [0.1, 0.15) is 5.75 Å². The summed E-state index contributed by atoms with van der Waals surface area (Å²) in [5.41, 5.74) is 2.54. The van der Waals surface area contributed by atoms with Crippen LogP contribution < -0.4 is 4.74 Å². The number of likely N-dealkylation sites (N-methyl/N-ethyl adjacent to an activating group) is 1. The van der Waals surface area contributed by atoms with Crippen LogP contribution in [0.3, 0.4) is 0 Å². The topological polar surface area (TPSA) is 65.6 Å². The van der Waals surface area contributed by atoms with E-state index in [0.29, 0.717) is 19.2 Å². The Hall–Kier alpha value is -2.34. The van der Waals surface area contributed by atoms with E-state index in [4.69, 9.17) is 4.74 Å². The lowest BCUT2D eigenvalue weighted by Gasteiger charge is -2.19. The van der Waals surface area contributed by atoms with E-state index in [1.807, 2.05) is 6.07 Å². The number of fused-ring (bicyclic) bond motifs is 2. The van der Waals surface area contributed by atoms with Gasteiger partial charge in [-0.1, -0.05) is 12.8 Å². The zero-order chi connectivity index (χ0) is 22.8. The lowest BCUT2D eigenvalue weighted by molar-refractivity contribution is -0.139. The van der Waals surface area contributed by atoms with E-state index < -0.39 is 0 Å². The molecular weight excluding hydrogens is 414 g/mol. The summed E-state index contributed by atoms with van der Waals surface area (Å²) in [4.78, 5) is 32.6. The summed E-state index contributed by atoms with van der Waals surface area (Å²) in [6, 6.07) is 6.94. The van der Waals surface area contributed by atoms with Crippen molar-refractivity contribution in [2.45, 2.75) is 70.3 Å². The number of carbonyl (C=O) groups excluding carboxylic acids is 2. The normalized spacial score (nSPS) is 25.8. The van der Waals surface area contributed by atoms with E-state index in [1.54, 1.807) is 4.90 Å². The van der Waals surface area contributed by atoms with Crippen molar-refractivity contribution in [2.24, 2.45) is 11.8 Å². The number of nitrogens with one attached hydrogen (secondary N) is 1. The minimum atomic E-state index is -0.0307. The fourth-order valence-corrected chi connectivity index (χ4v) is 6.10. The summed E-state index contributed by atoms with van der Waals surface area (Å²) >= 11 is 0. The lowest BCUT2D eigenvalue weighted by atomic mass is 9.81. The number of hydrogen-bond donors (Lipinski definition) is 1. The van der Waals surface area contributed by atoms with E-state index >= 15 is 0 Å². The lowest BCUT2D eigenvalue weighted by Crippen LogP contribution is -2.32. The van der Waals surface area contributed by atoms with E-state index in [0.717, 1.165) is 57.1 Å². The Morgan fingerprint density at radius 1 is 1.00 bits per heavy atom. The number of likely N-dealkylation sites (tertiary alicyclic amines) is 2. The number of H-pyrrole nitrogens is 1. The van der Waals surface area contributed by atoms with E-state index in [2.05, 4.69) is 35.3 Å². The first-order valence-electron chi connectivity index (χ1n) is 12.9. The Labute approximate surface area is 196 Å². The van der Waals surface area contributed by atoms with Crippen LogP contribution in [0.4, 0.5) is 0 Å². The number of benzene rings is 1. The standard InChI is InChI=1S/C27H37N3O3/c1-29-13-7-8-20(29)16-19-18-28-25-12-11-21(17-24(19)25)33-15-6-2-5-14-30-26(31)22-9-3-4-10-23(22)27(30)32/h11-12,17-18,20,22-23,28H,2-10,13-16H2,1H3/t20-,22-,23+/m1/s1. The summed E-state index contributed by atoms with van der Waals surface area (Å²) in [6.07, 6.45) is 12.5. The van der Waals surface area contributed by atoms with Crippen molar-refractivity contribution in [1.29, 1.82) is 0 Å². The van der Waals surface area contributed by atoms with Crippen molar-refractivity contribution in [3.8, 4) is 5.75 Å². The molecule has 2 amide bonds. The van der Waals surface area contributed by atoms with Gasteiger partial charge in [0.05, 0.1) is 18.4 Å². The van der Waals surface area contributed by atoms with Gasteiger partial charge in [-0.2, -0.15) is 0 Å². The summed E-state index contributed by atoms with van der Waals surface area (Å²) < 4.78 is 6.05. The average Bonchev–Trinajstić information content (AvgIpc) is 3.49. The molecule has 2 aromatic rings. The first kappa shape index (κ1) is 22.5. The van der Waals surface area contributed by atoms with Crippen LogP contribution >= 0.6 is 0 Å². The maximum Gasteiger partial charge on any atom is 0.233 e. The number of carbonyl (C=O) groups is 2. The Balaban J connectivity index is 1.07. The van der Waals surface area contributed by atoms with Crippen molar-refractivity contribution in [1.82, 2.24) is 14.8 Å². The van der Waals surface area contributed by atoms with Crippen LogP contribution in [-0.4, -0.2) is 59.4 Å². The zero-order valence-corrected chi connectivity index (χ0v) is 19.9. The average molecular weight is 452 g/mol. The van der Waals surface area contributed by atoms with Crippen LogP contribution in [0.15, 0.2) is 24.4 Å². The van der Waals surface area contributed by atoms with Crippen LogP contribution in [0.25, 0.3) is 10.9 Å². The molecule has 33 heavy (non-hydrogen) atoms. The van der Waals surface area contributed by atoms with Gasteiger partial charge in [-0.15, -0.1) is 0 Å². The van der Waals surface area contributed by atoms with Crippen molar-refractivity contribution < 1.29 is 14.3 Å². The number of ether oxygens (including phenoxy) is 1. The van der Waals surface area contributed by atoms with Gasteiger partial charge in [0.15, 0.2) is 0 Å². The number of aromatic nitrogens is 1. The third-order valence-electron chi connectivity index (χ3n) is 8.09. The molecule has 5 rings (SSSR count). The van der Waals surface area contributed by atoms with Gasteiger partial charge in [0.25, 0.3) is 0 Å². The molecule has 1 aromatic carbocycles. The van der Waals surface area contributed by atoms with Crippen molar-refractivity contribution in [3.05, 3.63) is 30.0 Å². The first-order valence-corrected chi connectivity index (χ1v) is 12.9. The Kier molecular flexibility index (Phi) is 6.72. The highest BCUT2D eigenvalue weighted by Gasteiger charge is 2.47. The molecule has 6 heteroatoms. The molecule has 178 valence electrons. The number of hydrogen-bond acceptors (Lipinski definition) is 4. The summed E-state index contributed by atoms with van der Waals surface area (Å²) in [5, 5.41) is 1.26. The summed E-state index contributed by atoms with van der Waals surface area (Å²) in [7, 11) is 2.23. The Bertz CT molecular complexity index is 976. The van der Waals surface area contributed by atoms with Crippen molar-refractivity contribution in [3.63, 3.8) is 0 Å². The van der Waals surface area contributed by atoms with Crippen molar-refractivity contribution in [2.75, 3.05) is 26.7 Å². The van der Waals surface area contributed by atoms with Crippen LogP contribution in [-0.2, 0) is 16.0 Å². The summed E-state index contributed by atoms with van der Waals surface area (Å²) in [5.74, 6) is 1.02. The number of amides is 2. The molecule has 2 saturated heterocycles. The van der Waals surface area contributed by atoms with Gasteiger partial charge in [-0.05, 0) is 88.7 Å². The maximum atomic E-state index is 12.6. The summed E-state index contributed by atoms with van der Waals surface area (Å²) in [6.45, 7) is 2.42. The molecule has 0 spiro atoms. The third kappa shape index (κ3) is 4.68. The van der Waals surface area contributed by atoms with Crippen LogP contribution in [0.2, 0.25) is 0 Å². The fraction of sp³-hybridized carbons (Fsp3) is 0.630. The molecule has 3 fully saturated rings. The first-order chi connectivity index (χ1) is 16.1. The number of unbranched alkanes of at least 4 members (excludes halogenated alkanes) is 2. The second kappa shape index (κ2) is 9.88. The number of nitrogens with zero attached hydrogens (tertiary/aromatic N) is 2. The Morgan fingerprint density at radius 3 is 2.52 bits per heavy atom. The number of rotatable bonds is 9. The smallest absolute Gasteiger partial charge is 0.233 e. The molecule has 1 N–H and O–H groups in total. The molecule has 0 unspecified atom stereocenters. The quantitative estimate of drug-likeness (QED) is 0.449. The molecule has 1 aromatic heterocycles. The molecule has 3 heterocycles. The highest BCUT2D eigenvalue weighted by atomic mass is 16.5. The van der Waals surface area contributed by atoms with Crippen LogP contribution in [0.5, 0.6) is 5.75 Å². The van der Waals surface area contributed by atoms with E-state index in [-0.39, 0.29) is 23.7 Å². The minimum Gasteiger partial charge on any atom is -0.494 e. The molecule has 2 aliphatic heterocycles. The van der Waals surface area contributed by atoms with Crippen molar-refractivity contribution >= 4 is 22.7 Å². The number of imide groups is 1. The highest BCUT2D eigenvalue weighted by molar-refractivity contribution is 6.05. The second-order valence-corrected chi connectivity index (χ2v) is 10.2. The third-order valence-corrected chi connectivity index (χ3v) is 8.09. The maximum absolute atomic E-state index is 12.6. The number of aromatic amines is 1. The fourth-order valence-electron chi connectivity index (χ4n) is 6.10. The predicted molar refractivity (Wildman–Crippen MR) is 129 cm³/mol. The van der Waals surface area contributed by atoms with Gasteiger partial charge < -0.3 is 14.6 Å². The van der Waals surface area contributed by atoms with Gasteiger partial charge >= 0.3 is 0 Å². The van der Waals surface area contributed by atoms with E-state index in [9.17, 15) is 9.59 Å². The monoisotopic (exact) mass is 451 g/mol. The predicted octanol–water partition coefficient (Wildman–Crippen LogP) is 4.53. The minimum absolute atomic E-state index is 0.0307. The van der Waals surface area contributed by atoms with Crippen LogP contribution in [0.1, 0.15) is 63.4 Å². The van der Waals surface area contributed by atoms with Gasteiger partial charge in [0.2, 0.25) is 11.8 Å². The second-order valence-electron chi connectivity index (χ2n) is 10.2. The van der Waals surface area contributed by atoms with Gasteiger partial charge in [-0.3, -0.25) is 14.5 Å². The molecule has 1 aliphatic carbocycles. The zero-order valence-electron chi connectivity index (χ0n) is 19.9. The Morgan fingerprint density at radius 2 is 1.79 bits per heavy atom. The molecule has 1 saturated carbocycles. The van der Waals surface area contributed by atoms with Gasteiger partial charge in [-0.25, -0.2) is 0 Å². The van der Waals surface area contributed by atoms with Gasteiger partial charge in [0, 0.05) is 29.7 Å². The van der Waals surface area contributed by atoms with E-state index in [1.165, 1.54) is 35.9 Å². The molecule has 6 nitrogen and oxygen atoms in total. The molecule has 3 atom stereocenters. The van der Waals surface area contributed by atoms with Crippen LogP contribution in [0, 0.1) is 11.8 Å².